The van der Waals surface area contributed by atoms with Crippen LogP contribution in [-0.4, -0.2) is 276 Å². The van der Waals surface area contributed by atoms with Gasteiger partial charge < -0.3 is 110 Å². The summed E-state index contributed by atoms with van der Waals surface area (Å²) in [6, 6.07) is 0. The van der Waals surface area contributed by atoms with E-state index in [9.17, 15) is 90.0 Å². The number of amides is 5. The zero-order chi connectivity index (χ0) is 49.5. The lowest BCUT2D eigenvalue weighted by Crippen LogP contribution is -2.59. The maximum atomic E-state index is 14.0. The van der Waals surface area contributed by atoms with E-state index in [1.165, 1.54) is 0 Å². The summed E-state index contributed by atoms with van der Waals surface area (Å²) >= 11 is 0. The van der Waals surface area contributed by atoms with E-state index in [0.29, 0.717) is 5.06 Å². The Labute approximate surface area is 381 Å². The number of aliphatic hydroxyl groups is 12. The van der Waals surface area contributed by atoms with Crippen LogP contribution in [0.5, 0.6) is 0 Å². The molecule has 4 fully saturated rings. The third-order valence-corrected chi connectivity index (χ3v) is 11.1. The quantitative estimate of drug-likeness (QED) is 0.0298. The van der Waals surface area contributed by atoms with E-state index in [0.717, 1.165) is 9.80 Å². The van der Waals surface area contributed by atoms with Crippen LogP contribution in [0.1, 0.15) is 38.5 Å². The van der Waals surface area contributed by atoms with E-state index in [1.807, 2.05) is 0 Å². The van der Waals surface area contributed by atoms with Gasteiger partial charge in [0, 0.05) is 45.3 Å². The average molecular weight is 975 g/mol. The fourth-order valence-electron chi connectivity index (χ4n) is 7.13. The van der Waals surface area contributed by atoms with Gasteiger partial charge in [0.25, 0.3) is 11.8 Å². The molecule has 67 heavy (non-hydrogen) atoms. The van der Waals surface area contributed by atoms with Crippen LogP contribution in [0, 0.1) is 0 Å². The number of hydrogen-bond donors (Lipinski definition) is 13. The Bertz CT molecular complexity index is 1570. The minimum absolute atomic E-state index is 0.000770. The second-order valence-electron chi connectivity index (χ2n) is 15.9. The molecule has 0 spiro atoms. The molecule has 15 atom stereocenters. The molecule has 13 N–H and O–H groups in total. The van der Waals surface area contributed by atoms with Crippen molar-refractivity contribution in [1.82, 2.24) is 20.2 Å². The molecule has 4 aliphatic heterocycles. The molecule has 5 amide bonds. The number of aliphatic hydroxyl groups excluding tert-OH is 12. The minimum atomic E-state index is -1.81. The highest BCUT2D eigenvalue weighted by atomic mass is 16.7. The predicted octanol–water partition coefficient (Wildman–Crippen LogP) is -9.62. The van der Waals surface area contributed by atoms with E-state index in [4.69, 9.17) is 33.3 Å². The smallest absolute Gasteiger partial charge is 0.333 e. The van der Waals surface area contributed by atoms with Crippen molar-refractivity contribution in [2.24, 2.45) is 0 Å². The predicted molar refractivity (Wildman–Crippen MR) is 211 cm³/mol. The van der Waals surface area contributed by atoms with Crippen LogP contribution in [0.3, 0.4) is 0 Å². The summed E-state index contributed by atoms with van der Waals surface area (Å²) in [6.07, 6.45) is -25.3. The van der Waals surface area contributed by atoms with Crippen LogP contribution in [0.15, 0.2) is 0 Å². The number of unbranched alkanes of at least 4 members (excludes halogenated alkanes) is 1. The second kappa shape index (κ2) is 26.9. The number of hydroxylamine groups is 2. The van der Waals surface area contributed by atoms with Crippen LogP contribution in [0.4, 0.5) is 0 Å². The molecule has 0 aromatic heterocycles. The van der Waals surface area contributed by atoms with Crippen LogP contribution in [0.2, 0.25) is 0 Å². The first-order chi connectivity index (χ1) is 31.8. The Morgan fingerprint density at radius 1 is 0.552 bits per heavy atom. The molecule has 0 saturated carbocycles. The molecular weight excluding hydrogens is 912 g/mol. The number of carbonyl (C=O) groups excluding carboxylic acids is 6. The van der Waals surface area contributed by atoms with E-state index < -0.39 is 174 Å². The van der Waals surface area contributed by atoms with Gasteiger partial charge in [-0.15, -0.1) is 5.06 Å². The molecule has 29 heteroatoms. The number of nitrogens with one attached hydrogen (secondary N) is 1. The molecule has 4 heterocycles. The lowest BCUT2D eigenvalue weighted by molar-refractivity contribution is -0.303. The van der Waals surface area contributed by atoms with Crippen LogP contribution in [-0.2, 0) is 62.0 Å². The Morgan fingerprint density at radius 2 is 0.970 bits per heavy atom. The zero-order valence-electron chi connectivity index (χ0n) is 36.2. The summed E-state index contributed by atoms with van der Waals surface area (Å²) in [7, 11) is 0. The first kappa shape index (κ1) is 55.9. The van der Waals surface area contributed by atoms with Crippen molar-refractivity contribution in [3.8, 4) is 0 Å². The largest absolute Gasteiger partial charge is 0.394 e. The van der Waals surface area contributed by atoms with Gasteiger partial charge in [0.2, 0.25) is 17.7 Å². The van der Waals surface area contributed by atoms with Gasteiger partial charge in [0.05, 0.1) is 39.6 Å². The summed E-state index contributed by atoms with van der Waals surface area (Å²) < 4.78 is 32.4. The highest BCUT2D eigenvalue weighted by molar-refractivity contribution is 6.01. The number of rotatable bonds is 25. The van der Waals surface area contributed by atoms with E-state index in [1.54, 1.807) is 0 Å². The molecule has 0 aromatic rings. The molecule has 0 bridgehead atoms. The third kappa shape index (κ3) is 15.4. The molecule has 4 aliphatic rings. The maximum Gasteiger partial charge on any atom is 0.333 e. The standard InChI is InChI=1S/C38H62N4O25/c43-15-18-27(52)30(55)33(58)36(64-18)61-10-7-39-21(46)13-41(22(47)3-1-2-4-26(51)67-42-23(48)5-6-24(42)49)14-25(50)40(8-11-62-37-34(59)31(56)28(53)19(16-44)65-37)9-12-63-38-35(60)32(57)29(54)20(17-45)66-38/h18-20,27-38,43-45,52-60H,1-17H2,(H,39,46)/t18-,19+,20+,27-,28+,29+,30+,31-,32-,33-,34-,35-,36-,37-,38-/m0/s1. The molecule has 0 unspecified atom stereocenters. The molecule has 4 rings (SSSR count). The van der Waals surface area contributed by atoms with Gasteiger partial charge in [-0.2, -0.15) is 0 Å². The SMILES string of the molecule is O=C(CN(CC(=O)N(CCO[C@H]1O[C@H](CO)[C@@H](O)[C@H](O)[C@@H]1O)CCO[C@H]1O[C@H](CO)[C@@H](O)[C@H](O)[C@@H]1O)C(=O)CCCCC(=O)ON1C(=O)CCC1=O)NCCO[C@H]1O[C@@H](CO)[C@H](O)[C@@H](O)[C@@H]1O. The van der Waals surface area contributed by atoms with E-state index in [-0.39, 0.29) is 64.8 Å². The van der Waals surface area contributed by atoms with Crippen molar-refractivity contribution in [2.45, 2.75) is 131 Å². The molecular formula is C38H62N4O25. The number of nitrogens with zero attached hydrogens (tertiary/aromatic N) is 3. The topological polar surface area (TPSA) is 432 Å². The average Bonchev–Trinajstić information content (AvgIpc) is 3.62. The fourth-order valence-corrected chi connectivity index (χ4v) is 7.13. The summed E-state index contributed by atoms with van der Waals surface area (Å²) in [5, 5.41) is 123. The van der Waals surface area contributed by atoms with Crippen molar-refractivity contribution >= 4 is 35.5 Å². The lowest BCUT2D eigenvalue weighted by Gasteiger charge is -2.40. The van der Waals surface area contributed by atoms with Gasteiger partial charge in [-0.1, -0.05) is 0 Å². The second-order valence-corrected chi connectivity index (χ2v) is 15.9. The number of ether oxygens (including phenoxy) is 6. The third-order valence-electron chi connectivity index (χ3n) is 11.1. The Hall–Kier alpha value is -3.70. The fraction of sp³-hybridized carbons (Fsp3) is 0.842. The molecule has 4 saturated heterocycles. The number of hydrogen-bond acceptors (Lipinski definition) is 25. The van der Waals surface area contributed by atoms with Gasteiger partial charge in [-0.05, 0) is 12.8 Å². The van der Waals surface area contributed by atoms with Gasteiger partial charge in [0.15, 0.2) is 18.9 Å². The van der Waals surface area contributed by atoms with Crippen LogP contribution in [0.25, 0.3) is 0 Å². The molecule has 384 valence electrons. The van der Waals surface area contributed by atoms with Gasteiger partial charge >= 0.3 is 5.97 Å². The highest BCUT2D eigenvalue weighted by Crippen LogP contribution is 2.24. The zero-order valence-corrected chi connectivity index (χ0v) is 36.2. The Morgan fingerprint density at radius 3 is 1.40 bits per heavy atom. The maximum absolute atomic E-state index is 14.0. The molecule has 0 aromatic carbocycles. The number of imide groups is 1. The van der Waals surface area contributed by atoms with Crippen molar-refractivity contribution in [3.63, 3.8) is 0 Å². The lowest BCUT2D eigenvalue weighted by atomic mass is 9.99. The van der Waals surface area contributed by atoms with Crippen molar-refractivity contribution in [3.05, 3.63) is 0 Å². The van der Waals surface area contributed by atoms with E-state index in [2.05, 4.69) is 5.32 Å². The summed E-state index contributed by atoms with van der Waals surface area (Å²) in [4.78, 5) is 83.5. The first-order valence-corrected chi connectivity index (χ1v) is 21.5. The molecule has 29 nitrogen and oxygen atoms in total. The minimum Gasteiger partial charge on any atom is -0.394 e. The summed E-state index contributed by atoms with van der Waals surface area (Å²) in [5.74, 6) is -4.81. The summed E-state index contributed by atoms with van der Waals surface area (Å²) in [5.41, 5.74) is 0. The normalized spacial score (nSPS) is 33.4. The molecule has 0 radical (unpaired) electrons. The van der Waals surface area contributed by atoms with E-state index >= 15 is 0 Å². The Balaban J connectivity index is 1.43. The van der Waals surface area contributed by atoms with Gasteiger partial charge in [-0.25, -0.2) is 4.79 Å². The van der Waals surface area contributed by atoms with Crippen molar-refractivity contribution in [2.75, 3.05) is 72.4 Å². The molecule has 0 aliphatic carbocycles. The van der Waals surface area contributed by atoms with Crippen LogP contribution < -0.4 is 5.32 Å². The first-order valence-electron chi connectivity index (χ1n) is 21.5. The van der Waals surface area contributed by atoms with Crippen molar-refractivity contribution < 1.29 is 123 Å². The van der Waals surface area contributed by atoms with Crippen LogP contribution >= 0.6 is 0 Å². The van der Waals surface area contributed by atoms with Gasteiger partial charge in [-0.3, -0.25) is 24.0 Å². The summed E-state index contributed by atoms with van der Waals surface area (Å²) in [6.45, 7) is -6.19. The number of carbonyl (C=O) groups is 6. The highest BCUT2D eigenvalue weighted by Gasteiger charge is 2.46. The van der Waals surface area contributed by atoms with Gasteiger partial charge in [0.1, 0.15) is 86.3 Å². The van der Waals surface area contributed by atoms with Crippen molar-refractivity contribution in [1.29, 1.82) is 0 Å². The monoisotopic (exact) mass is 974 g/mol. The Kier molecular flexibility index (Phi) is 22.4.